The van der Waals surface area contributed by atoms with Gasteiger partial charge in [-0.2, -0.15) is 0 Å². The van der Waals surface area contributed by atoms with Crippen molar-refractivity contribution in [2.75, 3.05) is 11.9 Å². The van der Waals surface area contributed by atoms with Gasteiger partial charge in [0, 0.05) is 18.3 Å². The van der Waals surface area contributed by atoms with Crippen molar-refractivity contribution in [3.8, 4) is 5.75 Å². The van der Waals surface area contributed by atoms with Crippen molar-refractivity contribution < 1.29 is 14.6 Å². The summed E-state index contributed by atoms with van der Waals surface area (Å²) in [5, 5.41) is 14.6. The Morgan fingerprint density at radius 3 is 2.46 bits per heavy atom. The Morgan fingerprint density at radius 1 is 1.12 bits per heavy atom. The Labute approximate surface area is 142 Å². The first kappa shape index (κ1) is 17.8. The molecule has 2 amide bonds. The Kier molecular flexibility index (Phi) is 7.11. The average molecular weight is 328 g/mol. The van der Waals surface area contributed by atoms with Crippen LogP contribution in [0.25, 0.3) is 0 Å². The van der Waals surface area contributed by atoms with Crippen molar-refractivity contribution in [1.82, 2.24) is 5.32 Å². The van der Waals surface area contributed by atoms with Gasteiger partial charge >= 0.3 is 6.03 Å². The van der Waals surface area contributed by atoms with Crippen LogP contribution in [-0.2, 0) is 6.61 Å². The fraction of sp³-hybridized carbons (Fsp3) is 0.316. The predicted molar refractivity (Wildman–Crippen MR) is 95.2 cm³/mol. The predicted octanol–water partition coefficient (Wildman–Crippen LogP) is 3.55. The molecule has 3 N–H and O–H groups in total. The molecule has 0 aromatic heterocycles. The number of benzene rings is 2. The largest absolute Gasteiger partial charge is 0.489 e. The van der Waals surface area contributed by atoms with Crippen molar-refractivity contribution in [2.45, 2.75) is 32.4 Å². The number of carbonyl (C=O) groups is 1. The van der Waals surface area contributed by atoms with E-state index in [9.17, 15) is 4.79 Å². The van der Waals surface area contributed by atoms with Crippen LogP contribution in [0, 0.1) is 0 Å². The first-order chi connectivity index (χ1) is 11.7. The van der Waals surface area contributed by atoms with Crippen molar-refractivity contribution >= 4 is 11.7 Å². The van der Waals surface area contributed by atoms with Gasteiger partial charge in [0.1, 0.15) is 12.4 Å². The molecule has 1 atom stereocenters. The Bertz CT molecular complexity index is 614. The smallest absolute Gasteiger partial charge is 0.319 e. The van der Waals surface area contributed by atoms with Crippen LogP contribution in [0.2, 0.25) is 0 Å². The molecule has 0 bridgehead atoms. The van der Waals surface area contributed by atoms with Gasteiger partial charge in [-0.3, -0.25) is 0 Å². The molecule has 5 heteroatoms. The SMILES string of the molecule is CCC(CCO)NC(=O)Nc1ccc(COc2ccccc2)cc1. The van der Waals surface area contributed by atoms with Crippen molar-refractivity contribution in [1.29, 1.82) is 0 Å². The second-order valence-corrected chi connectivity index (χ2v) is 5.51. The van der Waals surface area contributed by atoms with E-state index in [0.717, 1.165) is 23.4 Å². The van der Waals surface area contributed by atoms with E-state index in [1.54, 1.807) is 0 Å². The lowest BCUT2D eigenvalue weighted by Gasteiger charge is -2.16. The topological polar surface area (TPSA) is 70.6 Å². The first-order valence-corrected chi connectivity index (χ1v) is 8.16. The minimum absolute atomic E-state index is 0.0199. The standard InChI is InChI=1S/C19H24N2O3/c1-2-16(12-13-22)20-19(23)21-17-10-8-15(9-11-17)14-24-18-6-4-3-5-7-18/h3-11,16,22H,2,12-14H2,1H3,(H2,20,21,23). The van der Waals surface area contributed by atoms with Crippen LogP contribution in [0.5, 0.6) is 5.75 Å². The number of carbonyl (C=O) groups excluding carboxylic acids is 1. The minimum Gasteiger partial charge on any atom is -0.489 e. The number of urea groups is 1. The third kappa shape index (κ3) is 5.93. The molecule has 24 heavy (non-hydrogen) atoms. The summed E-state index contributed by atoms with van der Waals surface area (Å²) in [5.41, 5.74) is 1.74. The van der Waals surface area contributed by atoms with E-state index >= 15 is 0 Å². The summed E-state index contributed by atoms with van der Waals surface area (Å²) in [6, 6.07) is 16.9. The Morgan fingerprint density at radius 2 is 1.83 bits per heavy atom. The second-order valence-electron chi connectivity index (χ2n) is 5.51. The molecular weight excluding hydrogens is 304 g/mol. The third-order valence-electron chi connectivity index (χ3n) is 3.67. The highest BCUT2D eigenvalue weighted by Gasteiger charge is 2.09. The number of anilines is 1. The molecule has 0 spiro atoms. The number of hydrogen-bond acceptors (Lipinski definition) is 3. The molecule has 0 aliphatic rings. The summed E-state index contributed by atoms with van der Waals surface area (Å²) in [7, 11) is 0. The van der Waals surface area contributed by atoms with Crippen LogP contribution in [0.4, 0.5) is 10.5 Å². The fourth-order valence-corrected chi connectivity index (χ4v) is 2.25. The number of amides is 2. The quantitative estimate of drug-likeness (QED) is 0.694. The zero-order valence-corrected chi connectivity index (χ0v) is 13.9. The van der Waals surface area contributed by atoms with Gasteiger partial charge in [-0.1, -0.05) is 37.3 Å². The molecule has 128 valence electrons. The Hall–Kier alpha value is -2.53. The molecule has 2 rings (SSSR count). The van der Waals surface area contributed by atoms with Gasteiger partial charge in [-0.25, -0.2) is 4.79 Å². The van der Waals surface area contributed by atoms with Crippen LogP contribution in [0.15, 0.2) is 54.6 Å². The van der Waals surface area contributed by atoms with E-state index in [1.807, 2.05) is 61.5 Å². The van der Waals surface area contributed by atoms with Gasteiger partial charge in [0.15, 0.2) is 0 Å². The number of nitrogens with one attached hydrogen (secondary N) is 2. The fourth-order valence-electron chi connectivity index (χ4n) is 2.25. The zero-order chi connectivity index (χ0) is 17.2. The van der Waals surface area contributed by atoms with Crippen LogP contribution in [-0.4, -0.2) is 23.8 Å². The molecule has 5 nitrogen and oxygen atoms in total. The third-order valence-corrected chi connectivity index (χ3v) is 3.67. The lowest BCUT2D eigenvalue weighted by atomic mass is 10.1. The van der Waals surface area contributed by atoms with Crippen molar-refractivity contribution in [3.63, 3.8) is 0 Å². The summed E-state index contributed by atoms with van der Waals surface area (Å²) < 4.78 is 5.68. The highest BCUT2D eigenvalue weighted by Crippen LogP contribution is 2.14. The number of rotatable bonds is 8. The minimum atomic E-state index is -0.261. The maximum absolute atomic E-state index is 11.9. The number of aliphatic hydroxyl groups is 1. The van der Waals surface area contributed by atoms with Crippen molar-refractivity contribution in [3.05, 3.63) is 60.2 Å². The van der Waals surface area contributed by atoms with Gasteiger partial charge in [0.25, 0.3) is 0 Å². The van der Waals surface area contributed by atoms with E-state index in [1.165, 1.54) is 0 Å². The molecule has 0 saturated heterocycles. The van der Waals surface area contributed by atoms with E-state index in [2.05, 4.69) is 10.6 Å². The van der Waals surface area contributed by atoms with Crippen LogP contribution in [0.1, 0.15) is 25.3 Å². The van der Waals surface area contributed by atoms with Gasteiger partial charge in [-0.05, 0) is 42.7 Å². The number of hydrogen-bond donors (Lipinski definition) is 3. The molecule has 2 aromatic carbocycles. The molecule has 0 aliphatic heterocycles. The summed E-state index contributed by atoms with van der Waals surface area (Å²) >= 11 is 0. The van der Waals surface area contributed by atoms with Gasteiger partial charge < -0.3 is 20.5 Å². The summed E-state index contributed by atoms with van der Waals surface area (Å²) in [6.45, 7) is 2.52. The van der Waals surface area contributed by atoms with E-state index in [4.69, 9.17) is 9.84 Å². The lowest BCUT2D eigenvalue weighted by Crippen LogP contribution is -2.38. The highest BCUT2D eigenvalue weighted by atomic mass is 16.5. The number of aliphatic hydroxyl groups excluding tert-OH is 1. The molecule has 0 radical (unpaired) electrons. The molecule has 0 fully saturated rings. The number of para-hydroxylation sites is 1. The molecule has 0 saturated carbocycles. The highest BCUT2D eigenvalue weighted by molar-refractivity contribution is 5.89. The summed E-state index contributed by atoms with van der Waals surface area (Å²) in [5.74, 6) is 0.827. The van der Waals surface area contributed by atoms with Gasteiger partial charge in [0.2, 0.25) is 0 Å². The molecule has 2 aromatic rings. The summed E-state index contributed by atoms with van der Waals surface area (Å²) in [4.78, 5) is 11.9. The molecule has 0 heterocycles. The molecule has 1 unspecified atom stereocenters. The Balaban J connectivity index is 1.82. The van der Waals surface area contributed by atoms with E-state index < -0.39 is 0 Å². The van der Waals surface area contributed by atoms with Crippen LogP contribution >= 0.6 is 0 Å². The molecular formula is C19H24N2O3. The summed E-state index contributed by atoms with van der Waals surface area (Å²) in [6.07, 6.45) is 1.34. The maximum atomic E-state index is 11.9. The van der Waals surface area contributed by atoms with Crippen LogP contribution < -0.4 is 15.4 Å². The second kappa shape index (κ2) is 9.57. The van der Waals surface area contributed by atoms with E-state index in [-0.39, 0.29) is 18.7 Å². The van der Waals surface area contributed by atoms with Gasteiger partial charge in [0.05, 0.1) is 0 Å². The average Bonchev–Trinajstić information content (AvgIpc) is 2.61. The normalized spacial score (nSPS) is 11.6. The number of ether oxygens (including phenoxy) is 1. The van der Waals surface area contributed by atoms with E-state index in [0.29, 0.717) is 13.0 Å². The van der Waals surface area contributed by atoms with Crippen molar-refractivity contribution in [2.24, 2.45) is 0 Å². The zero-order valence-electron chi connectivity index (χ0n) is 13.9. The lowest BCUT2D eigenvalue weighted by molar-refractivity contribution is 0.237. The first-order valence-electron chi connectivity index (χ1n) is 8.16. The van der Waals surface area contributed by atoms with Gasteiger partial charge in [-0.15, -0.1) is 0 Å². The maximum Gasteiger partial charge on any atom is 0.319 e. The van der Waals surface area contributed by atoms with Crippen LogP contribution in [0.3, 0.4) is 0 Å². The molecule has 0 aliphatic carbocycles. The monoisotopic (exact) mass is 328 g/mol.